The van der Waals surface area contributed by atoms with E-state index in [9.17, 15) is 0 Å². The molecule has 9 atom stereocenters. The first-order valence-electron chi connectivity index (χ1n) is 8.21. The molecule has 0 amide bonds. The average Bonchev–Trinajstić information content (AvgIpc) is 2.96. The first-order chi connectivity index (χ1) is 9.43. The predicted molar refractivity (Wildman–Crippen MR) is 74.2 cm³/mol. The van der Waals surface area contributed by atoms with Gasteiger partial charge in [0.25, 0.3) is 0 Å². The van der Waals surface area contributed by atoms with Gasteiger partial charge < -0.3 is 5.32 Å². The molecule has 0 saturated heterocycles. The lowest BCUT2D eigenvalue weighted by Crippen LogP contribution is -2.51. The summed E-state index contributed by atoms with van der Waals surface area (Å²) in [6, 6.07) is 11.8. The second kappa shape index (κ2) is 3.09. The zero-order valence-electron chi connectivity index (χ0n) is 11.2. The summed E-state index contributed by atoms with van der Waals surface area (Å²) in [6.45, 7) is 1.09. The Kier molecular flexibility index (Phi) is 1.62. The van der Waals surface area contributed by atoms with Crippen molar-refractivity contribution in [2.75, 3.05) is 0 Å². The van der Waals surface area contributed by atoms with Crippen molar-refractivity contribution in [3.05, 3.63) is 35.9 Å². The van der Waals surface area contributed by atoms with Crippen LogP contribution in [0.2, 0.25) is 0 Å². The van der Waals surface area contributed by atoms with Crippen LogP contribution in [-0.4, -0.2) is 6.04 Å². The monoisotopic (exact) mass is 251 g/mol. The molecule has 1 nitrogen and oxygen atoms in total. The van der Waals surface area contributed by atoms with E-state index in [0.717, 1.165) is 48.1 Å². The Morgan fingerprint density at radius 2 is 1.53 bits per heavy atom. The van der Waals surface area contributed by atoms with Gasteiger partial charge in [-0.15, -0.1) is 0 Å². The number of rotatable bonds is 3. The average molecular weight is 251 g/mol. The molecule has 1 aromatic carbocycles. The quantitative estimate of drug-likeness (QED) is 0.871. The lowest BCUT2D eigenvalue weighted by molar-refractivity contribution is 0.00939. The maximum absolute atomic E-state index is 3.97. The summed E-state index contributed by atoms with van der Waals surface area (Å²) in [4.78, 5) is 0. The summed E-state index contributed by atoms with van der Waals surface area (Å²) in [7, 11) is 0. The topological polar surface area (TPSA) is 12.0 Å². The Hall–Kier alpha value is -0.820. The Bertz CT molecular complexity index is 532. The third-order valence-electron chi connectivity index (χ3n) is 7.71. The summed E-state index contributed by atoms with van der Waals surface area (Å²) < 4.78 is 0. The fourth-order valence-electron chi connectivity index (χ4n) is 7.58. The Morgan fingerprint density at radius 3 is 2.37 bits per heavy atom. The van der Waals surface area contributed by atoms with Gasteiger partial charge in [0, 0.05) is 12.6 Å². The third-order valence-corrected chi connectivity index (χ3v) is 7.71. The van der Waals surface area contributed by atoms with Crippen molar-refractivity contribution < 1.29 is 0 Å². The van der Waals surface area contributed by atoms with Crippen molar-refractivity contribution in [2.24, 2.45) is 47.3 Å². The van der Waals surface area contributed by atoms with Crippen LogP contribution >= 0.6 is 0 Å². The van der Waals surface area contributed by atoms with Gasteiger partial charge in [0.2, 0.25) is 0 Å². The lowest BCUT2D eigenvalue weighted by Gasteiger charge is -2.48. The normalized spacial score (nSPS) is 58.0. The van der Waals surface area contributed by atoms with Crippen LogP contribution in [0.15, 0.2) is 30.3 Å². The summed E-state index contributed by atoms with van der Waals surface area (Å²) >= 11 is 0. The molecule has 98 valence electrons. The minimum atomic E-state index is 0.878. The van der Waals surface area contributed by atoms with Gasteiger partial charge in [-0.3, -0.25) is 0 Å². The molecule has 5 aliphatic rings. The molecular weight excluding hydrogens is 230 g/mol. The van der Waals surface area contributed by atoms with E-state index >= 15 is 0 Å². The third kappa shape index (κ3) is 0.961. The first kappa shape index (κ1) is 9.99. The Labute approximate surface area is 114 Å². The molecule has 5 fully saturated rings. The van der Waals surface area contributed by atoms with Crippen LogP contribution in [0.1, 0.15) is 18.4 Å². The SMILES string of the molecule is c1ccc(CNC2[C@@H]3[C@@H]4C[C@H]5[C@H]2[C@@H]2[C@H]3C[C@H]4[C@H]52)cc1. The lowest BCUT2D eigenvalue weighted by atomic mass is 9.59. The smallest absolute Gasteiger partial charge is 0.0208 e. The van der Waals surface area contributed by atoms with Crippen LogP contribution in [0.4, 0.5) is 0 Å². The van der Waals surface area contributed by atoms with Crippen LogP contribution in [0.25, 0.3) is 0 Å². The number of nitrogens with one attached hydrogen (secondary N) is 1. The number of hydrogen-bond donors (Lipinski definition) is 1. The first-order valence-corrected chi connectivity index (χ1v) is 8.21. The molecule has 1 heteroatoms. The maximum atomic E-state index is 3.97. The fourth-order valence-corrected chi connectivity index (χ4v) is 7.58. The van der Waals surface area contributed by atoms with Crippen LogP contribution < -0.4 is 5.32 Å². The van der Waals surface area contributed by atoms with E-state index in [0.29, 0.717) is 0 Å². The van der Waals surface area contributed by atoms with Gasteiger partial charge in [-0.25, -0.2) is 0 Å². The molecule has 5 aliphatic carbocycles. The zero-order chi connectivity index (χ0) is 12.1. The predicted octanol–water partition coefficient (Wildman–Crippen LogP) is 2.92. The van der Waals surface area contributed by atoms with E-state index in [-0.39, 0.29) is 0 Å². The minimum Gasteiger partial charge on any atom is -0.309 e. The van der Waals surface area contributed by atoms with E-state index in [4.69, 9.17) is 0 Å². The minimum absolute atomic E-state index is 0.878. The number of benzene rings is 1. The molecule has 5 saturated carbocycles. The van der Waals surface area contributed by atoms with Crippen molar-refractivity contribution in [1.29, 1.82) is 0 Å². The second-order valence-corrected chi connectivity index (χ2v) is 7.83. The summed E-state index contributed by atoms with van der Waals surface area (Å²) in [6.07, 6.45) is 3.22. The van der Waals surface area contributed by atoms with Crippen molar-refractivity contribution in [3.8, 4) is 0 Å². The molecule has 0 spiro atoms. The Morgan fingerprint density at radius 1 is 0.789 bits per heavy atom. The maximum Gasteiger partial charge on any atom is 0.0208 e. The van der Waals surface area contributed by atoms with Crippen LogP contribution in [0.3, 0.4) is 0 Å². The molecule has 1 aromatic rings. The molecule has 19 heavy (non-hydrogen) atoms. The number of fused-ring (bicyclic) bond motifs is 2. The molecule has 0 aliphatic heterocycles. The molecular formula is C18H21N. The molecule has 0 aromatic heterocycles. The second-order valence-electron chi connectivity index (χ2n) is 7.83. The van der Waals surface area contributed by atoms with Gasteiger partial charge in [0.1, 0.15) is 0 Å². The molecule has 0 heterocycles. The molecule has 6 rings (SSSR count). The Balaban J connectivity index is 1.29. The largest absolute Gasteiger partial charge is 0.309 e. The van der Waals surface area contributed by atoms with Gasteiger partial charge in [0.05, 0.1) is 0 Å². The van der Waals surface area contributed by atoms with Crippen LogP contribution in [0, 0.1) is 47.3 Å². The molecule has 1 unspecified atom stereocenters. The highest BCUT2D eigenvalue weighted by atomic mass is 15.0. The highest BCUT2D eigenvalue weighted by Crippen LogP contribution is 2.82. The zero-order valence-corrected chi connectivity index (χ0v) is 11.2. The number of hydrogen-bond acceptors (Lipinski definition) is 1. The van der Waals surface area contributed by atoms with Crippen molar-refractivity contribution in [3.63, 3.8) is 0 Å². The fraction of sp³-hybridized carbons (Fsp3) is 0.667. The van der Waals surface area contributed by atoms with Crippen molar-refractivity contribution >= 4 is 0 Å². The molecule has 0 radical (unpaired) electrons. The van der Waals surface area contributed by atoms with Gasteiger partial charge >= 0.3 is 0 Å². The van der Waals surface area contributed by atoms with Gasteiger partial charge in [-0.05, 0) is 65.7 Å². The molecule has 1 N–H and O–H groups in total. The van der Waals surface area contributed by atoms with Gasteiger partial charge in [0.15, 0.2) is 0 Å². The summed E-state index contributed by atoms with van der Waals surface area (Å²) in [5, 5.41) is 3.97. The van der Waals surface area contributed by atoms with E-state index in [2.05, 4.69) is 35.6 Å². The standard InChI is InChI=1S/C18H21N/c1-2-4-9(5-3-1)8-19-18-15-11-7-12-14-10(11)6-13(15)16(14)17(12)18/h1-5,10-19H,6-8H2/t10-,11-,12-,13+,14-,15-,16-,17+,18?/m1/s1. The highest BCUT2D eigenvalue weighted by Gasteiger charge is 2.80. The van der Waals surface area contributed by atoms with Gasteiger partial charge in [-0.1, -0.05) is 30.3 Å². The molecule has 2 bridgehead atoms. The van der Waals surface area contributed by atoms with Crippen molar-refractivity contribution in [1.82, 2.24) is 5.32 Å². The van der Waals surface area contributed by atoms with Gasteiger partial charge in [-0.2, -0.15) is 0 Å². The van der Waals surface area contributed by atoms with E-state index in [1.54, 1.807) is 12.8 Å². The van der Waals surface area contributed by atoms with E-state index in [1.807, 2.05) is 0 Å². The van der Waals surface area contributed by atoms with Crippen LogP contribution in [0.5, 0.6) is 0 Å². The summed E-state index contributed by atoms with van der Waals surface area (Å²) in [5.74, 6) is 9.07. The van der Waals surface area contributed by atoms with E-state index in [1.165, 1.54) is 17.4 Å². The van der Waals surface area contributed by atoms with Crippen molar-refractivity contribution in [2.45, 2.75) is 25.4 Å². The van der Waals surface area contributed by atoms with Crippen LogP contribution in [-0.2, 0) is 6.54 Å². The summed E-state index contributed by atoms with van der Waals surface area (Å²) in [5.41, 5.74) is 1.46. The van der Waals surface area contributed by atoms with E-state index < -0.39 is 0 Å². The highest BCUT2D eigenvalue weighted by molar-refractivity contribution is 5.29.